The first-order valence-electron chi connectivity index (χ1n) is 7.26. The van der Waals surface area contributed by atoms with Crippen LogP contribution < -0.4 is 15.4 Å². The van der Waals surface area contributed by atoms with Gasteiger partial charge in [0, 0.05) is 12.2 Å². The Labute approximate surface area is 128 Å². The first-order valence-corrected chi connectivity index (χ1v) is 7.26. The van der Waals surface area contributed by atoms with Crippen molar-refractivity contribution in [3.63, 3.8) is 0 Å². The number of carbonyl (C=O) groups excluding carboxylic acids is 1. The second kappa shape index (κ2) is 6.58. The van der Waals surface area contributed by atoms with E-state index in [1.54, 1.807) is 0 Å². The van der Waals surface area contributed by atoms with Gasteiger partial charge >= 0.3 is 6.09 Å². The van der Waals surface area contributed by atoms with Crippen LogP contribution >= 0.6 is 0 Å². The Balaban J connectivity index is 1.57. The number of rotatable bonds is 3. The van der Waals surface area contributed by atoms with Gasteiger partial charge < -0.3 is 10.1 Å². The molecule has 4 nitrogen and oxygen atoms in total. The van der Waals surface area contributed by atoms with Crippen molar-refractivity contribution >= 4 is 11.8 Å². The average molecular weight is 300 g/mol. The maximum Gasteiger partial charge on any atom is 0.417 e. The highest BCUT2D eigenvalue weighted by Crippen LogP contribution is 2.23. The minimum Gasteiger partial charge on any atom is -0.410 e. The van der Waals surface area contributed by atoms with Gasteiger partial charge in [0.15, 0.2) is 0 Å². The van der Waals surface area contributed by atoms with Crippen molar-refractivity contribution < 1.29 is 13.9 Å². The number of amides is 1. The lowest BCUT2D eigenvalue weighted by molar-refractivity contribution is 0.215. The minimum atomic E-state index is -0.595. The highest BCUT2D eigenvalue weighted by Gasteiger charge is 2.16. The fraction of sp³-hybridized carbons (Fsp3) is 0.235. The third-order valence-electron chi connectivity index (χ3n) is 3.71. The molecule has 0 spiro atoms. The SMILES string of the molecule is O=C(Nc1ccc([C@H]2CCNC2)cc1)Oc1ccc(F)cc1. The van der Waals surface area contributed by atoms with Gasteiger partial charge in [0.2, 0.25) is 0 Å². The van der Waals surface area contributed by atoms with E-state index in [1.807, 2.05) is 24.3 Å². The molecule has 0 aliphatic carbocycles. The molecule has 22 heavy (non-hydrogen) atoms. The van der Waals surface area contributed by atoms with E-state index < -0.39 is 6.09 Å². The van der Waals surface area contributed by atoms with Crippen molar-refractivity contribution in [1.82, 2.24) is 5.32 Å². The molecule has 1 aliphatic rings. The van der Waals surface area contributed by atoms with Crippen molar-refractivity contribution in [3.8, 4) is 5.75 Å². The Morgan fingerprint density at radius 1 is 1.14 bits per heavy atom. The number of carbonyl (C=O) groups is 1. The molecule has 2 aromatic rings. The van der Waals surface area contributed by atoms with E-state index in [-0.39, 0.29) is 5.82 Å². The normalized spacial score (nSPS) is 17.2. The van der Waals surface area contributed by atoms with Crippen LogP contribution in [0.4, 0.5) is 14.9 Å². The summed E-state index contributed by atoms with van der Waals surface area (Å²) in [7, 11) is 0. The van der Waals surface area contributed by atoms with Crippen LogP contribution in [0.5, 0.6) is 5.75 Å². The maximum absolute atomic E-state index is 12.8. The molecule has 0 radical (unpaired) electrons. The van der Waals surface area contributed by atoms with E-state index in [0.717, 1.165) is 19.5 Å². The molecular weight excluding hydrogens is 283 g/mol. The zero-order valence-corrected chi connectivity index (χ0v) is 12.0. The fourth-order valence-electron chi connectivity index (χ4n) is 2.53. The summed E-state index contributed by atoms with van der Waals surface area (Å²) in [5.41, 5.74) is 1.93. The molecule has 1 heterocycles. The van der Waals surface area contributed by atoms with Crippen molar-refractivity contribution in [2.45, 2.75) is 12.3 Å². The van der Waals surface area contributed by atoms with Gasteiger partial charge in [-0.25, -0.2) is 9.18 Å². The number of hydrogen-bond acceptors (Lipinski definition) is 3. The lowest BCUT2D eigenvalue weighted by Crippen LogP contribution is -2.16. The van der Waals surface area contributed by atoms with Crippen LogP contribution in [0.2, 0.25) is 0 Å². The molecule has 3 rings (SSSR count). The predicted octanol–water partition coefficient (Wildman–Crippen LogP) is 3.51. The highest BCUT2D eigenvalue weighted by molar-refractivity contribution is 5.86. The molecule has 2 N–H and O–H groups in total. The van der Waals surface area contributed by atoms with Gasteiger partial charge in [-0.15, -0.1) is 0 Å². The zero-order chi connectivity index (χ0) is 15.4. The number of halogens is 1. The standard InChI is InChI=1S/C17H17FN2O2/c18-14-3-7-16(8-4-14)22-17(21)20-15-5-1-12(2-6-15)13-9-10-19-11-13/h1-8,13,19H,9-11H2,(H,20,21)/t13-/m0/s1. The quantitative estimate of drug-likeness (QED) is 0.912. The molecule has 5 heteroatoms. The summed E-state index contributed by atoms with van der Waals surface area (Å²) >= 11 is 0. The van der Waals surface area contributed by atoms with Crippen LogP contribution in [0.15, 0.2) is 48.5 Å². The van der Waals surface area contributed by atoms with E-state index in [0.29, 0.717) is 17.4 Å². The van der Waals surface area contributed by atoms with Crippen LogP contribution in [-0.4, -0.2) is 19.2 Å². The van der Waals surface area contributed by atoms with E-state index in [1.165, 1.54) is 29.8 Å². The summed E-state index contributed by atoms with van der Waals surface area (Å²) in [5.74, 6) is 0.470. The number of ether oxygens (including phenoxy) is 1. The molecule has 1 atom stereocenters. The van der Waals surface area contributed by atoms with Gasteiger partial charge in [0.05, 0.1) is 0 Å². The van der Waals surface area contributed by atoms with E-state index in [9.17, 15) is 9.18 Å². The third-order valence-corrected chi connectivity index (χ3v) is 3.71. The average Bonchev–Trinajstić information content (AvgIpc) is 3.05. The van der Waals surface area contributed by atoms with Crippen molar-refractivity contribution in [2.24, 2.45) is 0 Å². The summed E-state index contributed by atoms with van der Waals surface area (Å²) in [4.78, 5) is 11.8. The van der Waals surface area contributed by atoms with Crippen LogP contribution in [0, 0.1) is 5.82 Å². The zero-order valence-electron chi connectivity index (χ0n) is 12.0. The number of hydrogen-bond donors (Lipinski definition) is 2. The minimum absolute atomic E-state index is 0.299. The van der Waals surface area contributed by atoms with E-state index >= 15 is 0 Å². The molecule has 1 amide bonds. The van der Waals surface area contributed by atoms with Crippen molar-refractivity contribution in [3.05, 3.63) is 59.9 Å². The Bertz CT molecular complexity index is 635. The Hall–Kier alpha value is -2.40. The first kappa shape index (κ1) is 14.5. The summed E-state index contributed by atoms with van der Waals surface area (Å²) in [6.45, 7) is 2.05. The van der Waals surface area contributed by atoms with Gasteiger partial charge in [0.1, 0.15) is 11.6 Å². The predicted molar refractivity (Wildman–Crippen MR) is 82.7 cm³/mol. The largest absolute Gasteiger partial charge is 0.417 e. The third kappa shape index (κ3) is 3.62. The molecule has 0 aromatic heterocycles. The molecule has 114 valence electrons. The molecule has 0 saturated carbocycles. The number of benzene rings is 2. The van der Waals surface area contributed by atoms with E-state index in [4.69, 9.17) is 4.74 Å². The smallest absolute Gasteiger partial charge is 0.410 e. The number of nitrogens with one attached hydrogen (secondary N) is 2. The molecule has 1 aliphatic heterocycles. The van der Waals surface area contributed by atoms with Gasteiger partial charge in [-0.2, -0.15) is 0 Å². The molecule has 0 bridgehead atoms. The lowest BCUT2D eigenvalue weighted by atomic mass is 9.98. The van der Waals surface area contributed by atoms with Crippen molar-refractivity contribution in [1.29, 1.82) is 0 Å². The van der Waals surface area contributed by atoms with Crippen LogP contribution in [0.1, 0.15) is 17.9 Å². The van der Waals surface area contributed by atoms with Gasteiger partial charge in [0.25, 0.3) is 0 Å². The molecule has 1 saturated heterocycles. The van der Waals surface area contributed by atoms with Crippen LogP contribution in [-0.2, 0) is 0 Å². The Kier molecular flexibility index (Phi) is 4.34. The molecule has 1 fully saturated rings. The Morgan fingerprint density at radius 3 is 2.50 bits per heavy atom. The summed E-state index contributed by atoms with van der Waals surface area (Å²) in [6.07, 6.45) is 0.543. The summed E-state index contributed by atoms with van der Waals surface area (Å²) in [5, 5.41) is 5.98. The second-order valence-electron chi connectivity index (χ2n) is 5.28. The van der Waals surface area contributed by atoms with Crippen LogP contribution in [0.25, 0.3) is 0 Å². The second-order valence-corrected chi connectivity index (χ2v) is 5.28. The fourth-order valence-corrected chi connectivity index (χ4v) is 2.53. The molecule has 0 unspecified atom stereocenters. The van der Waals surface area contributed by atoms with Gasteiger partial charge in [-0.1, -0.05) is 12.1 Å². The number of anilines is 1. The first-order chi connectivity index (χ1) is 10.7. The topological polar surface area (TPSA) is 50.4 Å². The Morgan fingerprint density at radius 2 is 1.86 bits per heavy atom. The monoisotopic (exact) mass is 300 g/mol. The lowest BCUT2D eigenvalue weighted by Gasteiger charge is -2.10. The molecule has 2 aromatic carbocycles. The van der Waals surface area contributed by atoms with Gasteiger partial charge in [-0.3, -0.25) is 5.32 Å². The van der Waals surface area contributed by atoms with Gasteiger partial charge in [-0.05, 0) is 60.8 Å². The van der Waals surface area contributed by atoms with E-state index in [2.05, 4.69) is 10.6 Å². The summed E-state index contributed by atoms with van der Waals surface area (Å²) in [6, 6.07) is 13.1. The maximum atomic E-state index is 12.8. The highest BCUT2D eigenvalue weighted by atomic mass is 19.1. The van der Waals surface area contributed by atoms with Crippen molar-refractivity contribution in [2.75, 3.05) is 18.4 Å². The molecular formula is C17H17FN2O2. The van der Waals surface area contributed by atoms with Crippen LogP contribution in [0.3, 0.4) is 0 Å². The summed E-state index contributed by atoms with van der Waals surface area (Å²) < 4.78 is 17.9.